The number of aromatic nitrogens is 1. The molecule has 0 saturated heterocycles. The summed E-state index contributed by atoms with van der Waals surface area (Å²) in [6.07, 6.45) is 0. The van der Waals surface area contributed by atoms with Crippen LogP contribution in [0.1, 0.15) is 26.3 Å². The molecule has 154 valence electrons. The highest BCUT2D eigenvalue weighted by atomic mass is 16.3. The zero-order chi connectivity index (χ0) is 22.0. The topological polar surface area (TPSA) is 96.1 Å². The smallest absolute Gasteiger partial charge is 0.295 e. The van der Waals surface area contributed by atoms with Crippen molar-refractivity contribution in [2.24, 2.45) is 17.3 Å². The molecular weight excluding hydrogens is 392 g/mol. The number of aryl methyl sites for hydroxylation is 2. The van der Waals surface area contributed by atoms with Crippen LogP contribution in [0.15, 0.2) is 83.0 Å². The Morgan fingerprint density at radius 1 is 0.935 bits per heavy atom. The molecule has 0 bridgehead atoms. The van der Waals surface area contributed by atoms with E-state index in [-0.39, 0.29) is 17.5 Å². The second-order valence-corrected chi connectivity index (χ2v) is 7.10. The first kappa shape index (κ1) is 20.0. The van der Waals surface area contributed by atoms with E-state index in [0.29, 0.717) is 22.2 Å². The van der Waals surface area contributed by atoms with Gasteiger partial charge in [0.15, 0.2) is 5.69 Å². The number of hydrogen-bond acceptors (Lipinski definition) is 4. The average Bonchev–Trinajstić information content (AvgIpc) is 3.03. The molecule has 7 heteroatoms. The number of benzene rings is 3. The van der Waals surface area contributed by atoms with Crippen molar-refractivity contribution in [3.8, 4) is 5.88 Å². The molecule has 0 aliphatic rings. The van der Waals surface area contributed by atoms with Crippen molar-refractivity contribution in [3.05, 3.63) is 89.5 Å². The first-order valence-corrected chi connectivity index (χ1v) is 9.65. The third-order valence-corrected chi connectivity index (χ3v) is 5.07. The van der Waals surface area contributed by atoms with Gasteiger partial charge in [-0.15, -0.1) is 10.2 Å². The quantitative estimate of drug-likeness (QED) is 0.441. The predicted molar refractivity (Wildman–Crippen MR) is 119 cm³/mol. The van der Waals surface area contributed by atoms with Gasteiger partial charge in [-0.1, -0.05) is 36.4 Å². The van der Waals surface area contributed by atoms with Gasteiger partial charge in [0.05, 0.1) is 5.52 Å². The highest BCUT2D eigenvalue weighted by Gasteiger charge is 2.14. The predicted octanol–water partition coefficient (Wildman–Crippen LogP) is 5.37. The van der Waals surface area contributed by atoms with Crippen LogP contribution >= 0.6 is 0 Å². The van der Waals surface area contributed by atoms with Crippen molar-refractivity contribution in [1.29, 1.82) is 0 Å². The molecule has 3 aromatic carbocycles. The standard InChI is InChI=1S/C24H20N4O3/c1-15-7-3-4-8-18(15)23(30)25-17-13-11-16(12-14-17)22(29)27-26-21-19-9-5-6-10-20(19)28(2)24(21)31/h3-14,31H,1-2H3,(H,25,30). The number of aromatic hydroxyl groups is 1. The molecule has 1 heterocycles. The molecule has 0 saturated carbocycles. The molecule has 0 aliphatic carbocycles. The number of nitrogens with zero attached hydrogens (tertiary/aromatic N) is 3. The number of carbonyl (C=O) groups is 2. The number of rotatable bonds is 4. The third kappa shape index (κ3) is 3.93. The fourth-order valence-electron chi connectivity index (χ4n) is 3.33. The van der Waals surface area contributed by atoms with Crippen molar-refractivity contribution < 1.29 is 14.7 Å². The molecule has 0 radical (unpaired) electrons. The number of azo groups is 1. The highest BCUT2D eigenvalue weighted by molar-refractivity contribution is 6.05. The van der Waals surface area contributed by atoms with E-state index in [4.69, 9.17) is 0 Å². The summed E-state index contributed by atoms with van der Waals surface area (Å²) >= 11 is 0. The molecule has 7 nitrogen and oxygen atoms in total. The van der Waals surface area contributed by atoms with E-state index in [1.165, 1.54) is 0 Å². The van der Waals surface area contributed by atoms with Gasteiger partial charge in [0.1, 0.15) is 0 Å². The van der Waals surface area contributed by atoms with E-state index in [2.05, 4.69) is 15.5 Å². The maximum Gasteiger partial charge on any atom is 0.295 e. The lowest BCUT2D eigenvalue weighted by Crippen LogP contribution is -2.13. The summed E-state index contributed by atoms with van der Waals surface area (Å²) in [7, 11) is 1.71. The molecular formula is C24H20N4O3. The van der Waals surface area contributed by atoms with Gasteiger partial charge in [-0.25, -0.2) is 0 Å². The van der Waals surface area contributed by atoms with Crippen molar-refractivity contribution in [3.63, 3.8) is 0 Å². The Kier molecular flexibility index (Phi) is 5.32. The van der Waals surface area contributed by atoms with Crippen LogP contribution in [0.2, 0.25) is 0 Å². The number of amides is 2. The first-order valence-electron chi connectivity index (χ1n) is 9.65. The summed E-state index contributed by atoms with van der Waals surface area (Å²) in [6, 6.07) is 21.0. The molecule has 2 amide bonds. The maximum absolute atomic E-state index is 12.4. The summed E-state index contributed by atoms with van der Waals surface area (Å²) in [5.74, 6) is -0.834. The number of nitrogens with one attached hydrogen (secondary N) is 1. The number of fused-ring (bicyclic) bond motifs is 1. The molecule has 2 N–H and O–H groups in total. The fourth-order valence-corrected chi connectivity index (χ4v) is 3.33. The average molecular weight is 412 g/mol. The number of hydrogen-bond donors (Lipinski definition) is 2. The molecule has 4 aromatic rings. The van der Waals surface area contributed by atoms with E-state index in [1.807, 2.05) is 43.3 Å². The second-order valence-electron chi connectivity index (χ2n) is 7.10. The Bertz CT molecular complexity index is 1320. The van der Waals surface area contributed by atoms with Gasteiger partial charge >= 0.3 is 0 Å². The summed E-state index contributed by atoms with van der Waals surface area (Å²) in [6.45, 7) is 1.87. The lowest BCUT2D eigenvalue weighted by Gasteiger charge is -2.07. The van der Waals surface area contributed by atoms with E-state index < -0.39 is 5.91 Å². The Morgan fingerprint density at radius 3 is 2.35 bits per heavy atom. The Labute approximate surface area is 178 Å². The van der Waals surface area contributed by atoms with Gasteiger partial charge in [0.25, 0.3) is 11.8 Å². The van der Waals surface area contributed by atoms with Gasteiger partial charge in [-0.2, -0.15) is 0 Å². The van der Waals surface area contributed by atoms with E-state index in [1.54, 1.807) is 48.0 Å². The Balaban J connectivity index is 1.50. The summed E-state index contributed by atoms with van der Waals surface area (Å²) in [5.41, 5.74) is 3.38. The fraction of sp³-hybridized carbons (Fsp3) is 0.0833. The molecule has 31 heavy (non-hydrogen) atoms. The lowest BCUT2D eigenvalue weighted by molar-refractivity contribution is 0.0993. The van der Waals surface area contributed by atoms with Gasteiger partial charge < -0.3 is 15.0 Å². The molecule has 0 aliphatic heterocycles. The molecule has 4 rings (SSSR count). The van der Waals surface area contributed by atoms with Crippen molar-refractivity contribution in [1.82, 2.24) is 4.57 Å². The zero-order valence-electron chi connectivity index (χ0n) is 17.0. The minimum absolute atomic E-state index is 0.0629. The van der Waals surface area contributed by atoms with E-state index >= 15 is 0 Å². The van der Waals surface area contributed by atoms with Crippen LogP contribution in [-0.4, -0.2) is 21.5 Å². The molecule has 1 aromatic heterocycles. The highest BCUT2D eigenvalue weighted by Crippen LogP contribution is 2.37. The maximum atomic E-state index is 12.4. The van der Waals surface area contributed by atoms with Crippen LogP contribution in [0.25, 0.3) is 10.9 Å². The van der Waals surface area contributed by atoms with Gasteiger partial charge in [0.2, 0.25) is 5.88 Å². The van der Waals surface area contributed by atoms with Crippen LogP contribution in [0.4, 0.5) is 11.4 Å². The first-order chi connectivity index (χ1) is 15.0. The van der Waals surface area contributed by atoms with E-state index in [0.717, 1.165) is 11.1 Å². The Hall–Kier alpha value is -4.26. The third-order valence-electron chi connectivity index (χ3n) is 5.07. The SMILES string of the molecule is Cc1ccccc1C(=O)Nc1ccc(C(=O)N=Nc2c(O)n(C)c3ccccc23)cc1. The summed E-state index contributed by atoms with van der Waals surface area (Å²) in [4.78, 5) is 24.9. The monoisotopic (exact) mass is 412 g/mol. The van der Waals surface area contributed by atoms with Crippen molar-refractivity contribution in [2.75, 3.05) is 5.32 Å². The molecule has 0 spiro atoms. The molecule has 0 atom stereocenters. The summed E-state index contributed by atoms with van der Waals surface area (Å²) < 4.78 is 1.58. The molecule has 0 unspecified atom stereocenters. The van der Waals surface area contributed by atoms with Gasteiger partial charge in [-0.3, -0.25) is 9.59 Å². The number of para-hydroxylation sites is 1. The Morgan fingerprint density at radius 2 is 1.61 bits per heavy atom. The van der Waals surface area contributed by atoms with Crippen molar-refractivity contribution in [2.45, 2.75) is 6.92 Å². The minimum Gasteiger partial charge on any atom is -0.493 e. The normalized spacial score (nSPS) is 11.2. The zero-order valence-corrected chi connectivity index (χ0v) is 17.0. The molecule has 0 fully saturated rings. The van der Waals surface area contributed by atoms with Crippen LogP contribution in [0, 0.1) is 6.92 Å². The summed E-state index contributed by atoms with van der Waals surface area (Å²) in [5, 5.41) is 21.6. The van der Waals surface area contributed by atoms with E-state index in [9.17, 15) is 14.7 Å². The largest absolute Gasteiger partial charge is 0.493 e. The van der Waals surface area contributed by atoms with Gasteiger partial charge in [0, 0.05) is 29.2 Å². The second kappa shape index (κ2) is 8.23. The van der Waals surface area contributed by atoms with Crippen LogP contribution in [0.3, 0.4) is 0 Å². The van der Waals surface area contributed by atoms with Crippen LogP contribution in [-0.2, 0) is 7.05 Å². The number of anilines is 1. The van der Waals surface area contributed by atoms with Crippen LogP contribution in [0.5, 0.6) is 5.88 Å². The number of carbonyl (C=O) groups excluding carboxylic acids is 2. The van der Waals surface area contributed by atoms with Crippen molar-refractivity contribution >= 4 is 34.1 Å². The van der Waals surface area contributed by atoms with Crippen LogP contribution < -0.4 is 5.32 Å². The minimum atomic E-state index is -0.552. The lowest BCUT2D eigenvalue weighted by atomic mass is 10.1. The van der Waals surface area contributed by atoms with Gasteiger partial charge in [-0.05, 0) is 48.9 Å².